The predicted molar refractivity (Wildman–Crippen MR) is 58.9 cm³/mol. The molecule has 0 bridgehead atoms. The highest BCUT2D eigenvalue weighted by atomic mass is 16.4. The summed E-state index contributed by atoms with van der Waals surface area (Å²) >= 11 is 0. The van der Waals surface area contributed by atoms with Gasteiger partial charge in [-0.2, -0.15) is 0 Å². The van der Waals surface area contributed by atoms with Crippen molar-refractivity contribution < 1.29 is 14.7 Å². The van der Waals surface area contributed by atoms with Crippen LogP contribution in [0.25, 0.3) is 0 Å². The maximum atomic E-state index is 11.6. The number of carboxylic acids is 1. The van der Waals surface area contributed by atoms with Gasteiger partial charge in [-0.25, -0.2) is 0 Å². The summed E-state index contributed by atoms with van der Waals surface area (Å²) in [5.74, 6) is -0.648. The average Bonchev–Trinajstić information content (AvgIpc) is 2.27. The molecule has 4 nitrogen and oxygen atoms in total. The number of fused-ring (bicyclic) bond motifs is 1. The molecule has 1 atom stereocenters. The first-order chi connectivity index (χ1) is 7.66. The first kappa shape index (κ1) is 11.2. The van der Waals surface area contributed by atoms with Gasteiger partial charge in [-0.1, -0.05) is 11.6 Å². The summed E-state index contributed by atoms with van der Waals surface area (Å²) < 4.78 is 0. The minimum Gasteiger partial charge on any atom is -0.481 e. The molecule has 0 saturated carbocycles. The normalized spacial score (nSPS) is 24.6. The standard InChI is InChI=1S/C12H17NO3/c14-11(7-12(15)16)13-6-5-9-3-1-2-4-10(9)8-13/h4,9H,1-3,5-8H2,(H,15,16). The van der Waals surface area contributed by atoms with E-state index in [4.69, 9.17) is 5.11 Å². The summed E-state index contributed by atoms with van der Waals surface area (Å²) in [4.78, 5) is 23.8. The summed E-state index contributed by atoms with van der Waals surface area (Å²) in [5, 5.41) is 8.58. The Hall–Kier alpha value is -1.32. The van der Waals surface area contributed by atoms with Crippen LogP contribution in [0.15, 0.2) is 11.6 Å². The smallest absolute Gasteiger partial charge is 0.312 e. The summed E-state index contributed by atoms with van der Waals surface area (Å²) in [6.07, 6.45) is 6.43. The highest BCUT2D eigenvalue weighted by molar-refractivity contribution is 5.93. The third-order valence-corrected chi connectivity index (χ3v) is 3.46. The molecule has 1 heterocycles. The van der Waals surface area contributed by atoms with Crippen molar-refractivity contribution >= 4 is 11.9 Å². The van der Waals surface area contributed by atoms with E-state index in [0.717, 1.165) is 12.8 Å². The Kier molecular flexibility index (Phi) is 3.27. The van der Waals surface area contributed by atoms with Crippen LogP contribution in [0.2, 0.25) is 0 Å². The van der Waals surface area contributed by atoms with Crippen LogP contribution in [0.5, 0.6) is 0 Å². The molecule has 0 radical (unpaired) electrons. The largest absolute Gasteiger partial charge is 0.481 e. The molecule has 16 heavy (non-hydrogen) atoms. The zero-order valence-electron chi connectivity index (χ0n) is 9.32. The Labute approximate surface area is 94.9 Å². The van der Waals surface area contributed by atoms with Crippen LogP contribution in [0.4, 0.5) is 0 Å². The number of carbonyl (C=O) groups excluding carboxylic acids is 1. The maximum absolute atomic E-state index is 11.6. The molecule has 0 spiro atoms. The molecule has 1 fully saturated rings. The quantitative estimate of drug-likeness (QED) is 0.569. The van der Waals surface area contributed by atoms with Crippen LogP contribution >= 0.6 is 0 Å². The van der Waals surface area contributed by atoms with E-state index in [0.29, 0.717) is 19.0 Å². The molecular formula is C12H17NO3. The number of carbonyl (C=O) groups is 2. The van der Waals surface area contributed by atoms with Crippen LogP contribution in [0.1, 0.15) is 32.1 Å². The first-order valence-corrected chi connectivity index (χ1v) is 5.85. The minimum absolute atomic E-state index is 0.252. The van der Waals surface area contributed by atoms with Gasteiger partial charge in [-0.3, -0.25) is 9.59 Å². The predicted octanol–water partition coefficient (Wildman–Crippen LogP) is 1.42. The highest BCUT2D eigenvalue weighted by Crippen LogP contribution is 2.31. The number of aliphatic carboxylic acids is 1. The summed E-state index contributed by atoms with van der Waals surface area (Å²) in [6.45, 7) is 1.37. The molecule has 0 aromatic heterocycles. The van der Waals surface area contributed by atoms with Gasteiger partial charge in [-0.05, 0) is 31.6 Å². The van der Waals surface area contributed by atoms with E-state index in [1.807, 2.05) is 0 Å². The molecule has 0 aromatic carbocycles. The van der Waals surface area contributed by atoms with Crippen molar-refractivity contribution in [2.24, 2.45) is 5.92 Å². The molecule has 1 aliphatic heterocycles. The zero-order chi connectivity index (χ0) is 11.5. The molecule has 1 unspecified atom stereocenters. The van der Waals surface area contributed by atoms with Crippen LogP contribution in [0.3, 0.4) is 0 Å². The van der Waals surface area contributed by atoms with Gasteiger partial charge >= 0.3 is 5.97 Å². The molecule has 2 rings (SSSR count). The molecule has 2 aliphatic rings. The third-order valence-electron chi connectivity index (χ3n) is 3.46. The maximum Gasteiger partial charge on any atom is 0.312 e. The van der Waals surface area contributed by atoms with E-state index in [-0.39, 0.29) is 12.3 Å². The number of nitrogens with zero attached hydrogens (tertiary/aromatic N) is 1. The lowest BCUT2D eigenvalue weighted by atomic mass is 9.82. The van der Waals surface area contributed by atoms with Gasteiger partial charge in [0.15, 0.2) is 0 Å². The van der Waals surface area contributed by atoms with Crippen LogP contribution in [-0.2, 0) is 9.59 Å². The Morgan fingerprint density at radius 3 is 3.00 bits per heavy atom. The van der Waals surface area contributed by atoms with Crippen molar-refractivity contribution in [2.45, 2.75) is 32.1 Å². The Morgan fingerprint density at radius 1 is 1.44 bits per heavy atom. The molecule has 1 amide bonds. The zero-order valence-corrected chi connectivity index (χ0v) is 9.32. The molecule has 88 valence electrons. The number of piperidine rings is 1. The molecular weight excluding hydrogens is 206 g/mol. The molecule has 4 heteroatoms. The van der Waals surface area contributed by atoms with E-state index < -0.39 is 5.97 Å². The number of hydrogen-bond donors (Lipinski definition) is 1. The van der Waals surface area contributed by atoms with Gasteiger partial charge in [-0.15, -0.1) is 0 Å². The molecule has 1 N–H and O–H groups in total. The van der Waals surface area contributed by atoms with Gasteiger partial charge in [0.1, 0.15) is 6.42 Å². The Bertz CT molecular complexity index is 335. The first-order valence-electron chi connectivity index (χ1n) is 5.85. The van der Waals surface area contributed by atoms with E-state index >= 15 is 0 Å². The number of allylic oxidation sites excluding steroid dienone is 1. The number of rotatable bonds is 2. The van der Waals surface area contributed by atoms with Crippen molar-refractivity contribution in [3.8, 4) is 0 Å². The Morgan fingerprint density at radius 2 is 2.25 bits per heavy atom. The fourth-order valence-electron chi connectivity index (χ4n) is 2.59. The van der Waals surface area contributed by atoms with E-state index in [1.165, 1.54) is 18.4 Å². The number of likely N-dealkylation sites (tertiary alicyclic amines) is 1. The Balaban J connectivity index is 1.96. The average molecular weight is 223 g/mol. The molecule has 1 aliphatic carbocycles. The molecule has 1 saturated heterocycles. The fourth-order valence-corrected chi connectivity index (χ4v) is 2.59. The van der Waals surface area contributed by atoms with Gasteiger partial charge in [0, 0.05) is 13.1 Å². The number of hydrogen-bond acceptors (Lipinski definition) is 2. The van der Waals surface area contributed by atoms with Crippen LogP contribution in [-0.4, -0.2) is 35.0 Å². The second-order valence-electron chi connectivity index (χ2n) is 4.58. The minimum atomic E-state index is -1.04. The van der Waals surface area contributed by atoms with Crippen LogP contribution < -0.4 is 0 Å². The third kappa shape index (κ3) is 2.43. The van der Waals surface area contributed by atoms with Gasteiger partial charge < -0.3 is 10.0 Å². The van der Waals surface area contributed by atoms with Crippen molar-refractivity contribution in [3.63, 3.8) is 0 Å². The summed E-state index contributed by atoms with van der Waals surface area (Å²) in [5.41, 5.74) is 1.34. The topological polar surface area (TPSA) is 57.6 Å². The van der Waals surface area contributed by atoms with Crippen LogP contribution in [0, 0.1) is 5.92 Å². The number of carboxylic acid groups (broad SMARTS) is 1. The van der Waals surface area contributed by atoms with Gasteiger partial charge in [0.2, 0.25) is 5.91 Å². The lowest BCUT2D eigenvalue weighted by molar-refractivity contribution is -0.144. The van der Waals surface area contributed by atoms with Crippen molar-refractivity contribution in [1.29, 1.82) is 0 Å². The van der Waals surface area contributed by atoms with E-state index in [2.05, 4.69) is 6.08 Å². The summed E-state index contributed by atoms with van der Waals surface area (Å²) in [6, 6.07) is 0. The van der Waals surface area contributed by atoms with Gasteiger partial charge in [0.25, 0.3) is 0 Å². The SMILES string of the molecule is O=C(O)CC(=O)N1CCC2CCCC=C2C1. The lowest BCUT2D eigenvalue weighted by Gasteiger charge is -2.36. The second kappa shape index (κ2) is 4.68. The number of amides is 1. The van der Waals surface area contributed by atoms with Crippen molar-refractivity contribution in [3.05, 3.63) is 11.6 Å². The molecule has 0 aromatic rings. The van der Waals surface area contributed by atoms with E-state index in [9.17, 15) is 9.59 Å². The summed E-state index contributed by atoms with van der Waals surface area (Å²) in [7, 11) is 0. The monoisotopic (exact) mass is 223 g/mol. The van der Waals surface area contributed by atoms with E-state index in [1.54, 1.807) is 4.90 Å². The van der Waals surface area contributed by atoms with Crippen molar-refractivity contribution in [2.75, 3.05) is 13.1 Å². The van der Waals surface area contributed by atoms with Gasteiger partial charge in [0.05, 0.1) is 0 Å². The fraction of sp³-hybridized carbons (Fsp3) is 0.667. The lowest BCUT2D eigenvalue weighted by Crippen LogP contribution is -2.41. The highest BCUT2D eigenvalue weighted by Gasteiger charge is 2.28. The second-order valence-corrected chi connectivity index (χ2v) is 4.58. The van der Waals surface area contributed by atoms with Crippen molar-refractivity contribution in [1.82, 2.24) is 4.90 Å².